The van der Waals surface area contributed by atoms with Gasteiger partial charge in [-0.05, 0) is 32.7 Å². The van der Waals surface area contributed by atoms with Crippen molar-refractivity contribution in [2.45, 2.75) is 39.2 Å². The van der Waals surface area contributed by atoms with Crippen molar-refractivity contribution in [2.75, 3.05) is 13.6 Å². The van der Waals surface area contributed by atoms with E-state index in [4.69, 9.17) is 0 Å². The molecule has 1 aliphatic rings. The van der Waals surface area contributed by atoms with Crippen molar-refractivity contribution in [2.24, 2.45) is 5.92 Å². The van der Waals surface area contributed by atoms with Gasteiger partial charge in [-0.2, -0.15) is 0 Å². The van der Waals surface area contributed by atoms with Crippen molar-refractivity contribution in [3.8, 4) is 0 Å². The second kappa shape index (κ2) is 3.17. The molecule has 0 heterocycles. The summed E-state index contributed by atoms with van der Waals surface area (Å²) in [7, 11) is 2.06. The van der Waals surface area contributed by atoms with Gasteiger partial charge < -0.3 is 0 Å². The number of carbonyl (C=O) groups excluding carboxylic acids is 1. The van der Waals surface area contributed by atoms with Crippen LogP contribution in [0.15, 0.2) is 0 Å². The van der Waals surface area contributed by atoms with Gasteiger partial charge in [0.2, 0.25) is 0 Å². The molecule has 0 unspecified atom stereocenters. The van der Waals surface area contributed by atoms with Gasteiger partial charge in [-0.3, -0.25) is 9.69 Å². The van der Waals surface area contributed by atoms with Crippen LogP contribution in [0.4, 0.5) is 0 Å². The first-order valence-electron chi connectivity index (χ1n) is 4.71. The van der Waals surface area contributed by atoms with Gasteiger partial charge in [-0.25, -0.2) is 0 Å². The van der Waals surface area contributed by atoms with Gasteiger partial charge in [0, 0.05) is 6.54 Å². The van der Waals surface area contributed by atoms with Crippen LogP contribution in [0.3, 0.4) is 0 Å². The summed E-state index contributed by atoms with van der Waals surface area (Å²) in [4.78, 5) is 13.5. The first-order chi connectivity index (χ1) is 5.49. The molecule has 0 aromatic rings. The van der Waals surface area contributed by atoms with Crippen molar-refractivity contribution in [3.63, 3.8) is 0 Å². The predicted octanol–water partition coefficient (Wildman–Crippen LogP) is 1.70. The second-order valence-electron chi connectivity index (χ2n) is 4.36. The van der Waals surface area contributed by atoms with Crippen LogP contribution >= 0.6 is 0 Å². The van der Waals surface area contributed by atoms with Crippen LogP contribution in [0.5, 0.6) is 0 Å². The van der Waals surface area contributed by atoms with Crippen LogP contribution in [0, 0.1) is 5.92 Å². The predicted molar refractivity (Wildman–Crippen MR) is 50.1 cm³/mol. The lowest BCUT2D eigenvalue weighted by molar-refractivity contribution is -0.123. The highest BCUT2D eigenvalue weighted by Crippen LogP contribution is 2.41. The molecule has 0 amide bonds. The maximum Gasteiger partial charge on any atom is 0.150 e. The number of hydrogen-bond donors (Lipinski definition) is 0. The van der Waals surface area contributed by atoms with E-state index in [0.29, 0.717) is 11.7 Å². The normalized spacial score (nSPS) is 20.2. The first kappa shape index (κ1) is 9.72. The smallest absolute Gasteiger partial charge is 0.150 e. The zero-order valence-electron chi connectivity index (χ0n) is 8.55. The van der Waals surface area contributed by atoms with E-state index in [1.165, 1.54) is 0 Å². The summed E-state index contributed by atoms with van der Waals surface area (Å²) in [6.45, 7) is 7.11. The zero-order chi connectivity index (χ0) is 9.35. The molecule has 0 spiro atoms. The number of carbonyl (C=O) groups is 1. The number of rotatable bonds is 4. The third-order valence-electron chi connectivity index (χ3n) is 2.75. The van der Waals surface area contributed by atoms with Gasteiger partial charge >= 0.3 is 0 Å². The Morgan fingerprint density at radius 2 is 2.00 bits per heavy atom. The van der Waals surface area contributed by atoms with Gasteiger partial charge in [-0.15, -0.1) is 0 Å². The third kappa shape index (κ3) is 1.69. The Morgan fingerprint density at radius 1 is 1.50 bits per heavy atom. The average molecular weight is 169 g/mol. The average Bonchev–Trinajstić information content (AvgIpc) is 2.63. The summed E-state index contributed by atoms with van der Waals surface area (Å²) in [6.07, 6.45) is 2.12. The van der Waals surface area contributed by atoms with Crippen LogP contribution in [0.2, 0.25) is 0 Å². The number of ketones is 1. The van der Waals surface area contributed by atoms with Crippen LogP contribution < -0.4 is 0 Å². The van der Waals surface area contributed by atoms with Gasteiger partial charge in [0.25, 0.3) is 0 Å². The van der Waals surface area contributed by atoms with Gasteiger partial charge in [-0.1, -0.05) is 13.8 Å². The lowest BCUT2D eigenvalue weighted by atomic mass is 10.1. The Balaban J connectivity index is 2.52. The van der Waals surface area contributed by atoms with Crippen molar-refractivity contribution in [1.29, 1.82) is 0 Å². The van der Waals surface area contributed by atoms with E-state index in [9.17, 15) is 4.79 Å². The Morgan fingerprint density at radius 3 is 2.25 bits per heavy atom. The van der Waals surface area contributed by atoms with E-state index in [2.05, 4.69) is 25.8 Å². The summed E-state index contributed by atoms with van der Waals surface area (Å²) in [6, 6.07) is 0. The summed E-state index contributed by atoms with van der Waals surface area (Å²) in [5.41, 5.74) is -0.0652. The lowest BCUT2D eigenvalue weighted by Crippen LogP contribution is -2.41. The molecule has 0 N–H and O–H groups in total. The van der Waals surface area contributed by atoms with E-state index < -0.39 is 0 Å². The quantitative estimate of drug-likeness (QED) is 0.638. The molecular weight excluding hydrogens is 150 g/mol. The minimum atomic E-state index is -0.0652. The largest absolute Gasteiger partial charge is 0.298 e. The molecule has 70 valence electrons. The molecule has 0 aromatic heterocycles. The maximum absolute atomic E-state index is 11.3. The van der Waals surface area contributed by atoms with Gasteiger partial charge in [0.05, 0.1) is 5.54 Å². The number of Topliss-reactive ketones (excluding diaryl/α,β-unsaturated/α-hetero) is 1. The van der Waals surface area contributed by atoms with Crippen LogP contribution in [0.25, 0.3) is 0 Å². The van der Waals surface area contributed by atoms with Crippen molar-refractivity contribution in [1.82, 2.24) is 4.90 Å². The molecule has 1 saturated carbocycles. The fraction of sp³-hybridized carbons (Fsp3) is 0.900. The molecule has 2 nitrogen and oxygen atoms in total. The van der Waals surface area contributed by atoms with Crippen LogP contribution in [0.1, 0.15) is 33.6 Å². The Labute approximate surface area is 74.9 Å². The molecule has 0 radical (unpaired) electrons. The molecular formula is C10H19NO. The number of likely N-dealkylation sites (N-methyl/N-ethyl adjacent to an activating group) is 1. The van der Waals surface area contributed by atoms with E-state index >= 15 is 0 Å². The summed E-state index contributed by atoms with van der Waals surface area (Å²) >= 11 is 0. The molecule has 1 fully saturated rings. The van der Waals surface area contributed by atoms with Crippen molar-refractivity contribution < 1.29 is 4.79 Å². The summed E-state index contributed by atoms with van der Waals surface area (Å²) in [5, 5.41) is 0. The van der Waals surface area contributed by atoms with Crippen LogP contribution in [-0.4, -0.2) is 29.8 Å². The first-order valence-corrected chi connectivity index (χ1v) is 4.71. The monoisotopic (exact) mass is 169 g/mol. The molecule has 0 bridgehead atoms. The van der Waals surface area contributed by atoms with Gasteiger partial charge in [0.15, 0.2) is 0 Å². The highest BCUT2D eigenvalue weighted by atomic mass is 16.1. The van der Waals surface area contributed by atoms with E-state index in [1.54, 1.807) is 6.92 Å². The highest BCUT2D eigenvalue weighted by molar-refractivity contribution is 5.89. The highest BCUT2D eigenvalue weighted by Gasteiger charge is 2.50. The second-order valence-corrected chi connectivity index (χ2v) is 4.36. The van der Waals surface area contributed by atoms with Crippen molar-refractivity contribution >= 4 is 5.78 Å². The van der Waals surface area contributed by atoms with Gasteiger partial charge in [0.1, 0.15) is 5.78 Å². The number of hydrogen-bond acceptors (Lipinski definition) is 2. The Kier molecular flexibility index (Phi) is 2.57. The summed E-state index contributed by atoms with van der Waals surface area (Å²) in [5.74, 6) is 0.984. The van der Waals surface area contributed by atoms with Crippen LogP contribution in [-0.2, 0) is 4.79 Å². The van der Waals surface area contributed by atoms with E-state index in [0.717, 1.165) is 19.4 Å². The number of nitrogens with zero attached hydrogens (tertiary/aromatic N) is 1. The topological polar surface area (TPSA) is 20.3 Å². The standard InChI is InChI=1S/C10H19NO/c1-8(2)7-11(4)10(5-6-10)9(3)12/h8H,5-7H2,1-4H3. The molecule has 12 heavy (non-hydrogen) atoms. The fourth-order valence-corrected chi connectivity index (χ4v) is 1.84. The molecule has 0 aliphatic heterocycles. The minimum absolute atomic E-state index is 0.0652. The SMILES string of the molecule is CC(=O)C1(N(C)CC(C)C)CC1. The Hall–Kier alpha value is -0.370. The molecule has 2 heteroatoms. The zero-order valence-corrected chi connectivity index (χ0v) is 8.55. The molecule has 1 rings (SSSR count). The maximum atomic E-state index is 11.3. The molecule has 1 aliphatic carbocycles. The molecule has 0 saturated heterocycles. The third-order valence-corrected chi connectivity index (χ3v) is 2.75. The van der Waals surface area contributed by atoms with E-state index in [1.807, 2.05) is 0 Å². The van der Waals surface area contributed by atoms with Crippen molar-refractivity contribution in [3.05, 3.63) is 0 Å². The summed E-state index contributed by atoms with van der Waals surface area (Å²) < 4.78 is 0. The molecule has 0 aromatic carbocycles. The molecule has 0 atom stereocenters. The minimum Gasteiger partial charge on any atom is -0.298 e. The fourth-order valence-electron chi connectivity index (χ4n) is 1.84. The Bertz CT molecular complexity index is 182. The van der Waals surface area contributed by atoms with E-state index in [-0.39, 0.29) is 5.54 Å². The lowest BCUT2D eigenvalue weighted by Gasteiger charge is -2.27.